The first-order valence-corrected chi connectivity index (χ1v) is 7.43. The molecule has 5 nitrogen and oxygen atoms in total. The largest absolute Gasteiger partial charge is 0.492 e. The van der Waals surface area contributed by atoms with Gasteiger partial charge in [-0.05, 0) is 37.1 Å². The summed E-state index contributed by atoms with van der Waals surface area (Å²) < 4.78 is 5.64. The number of hydrogen-bond donors (Lipinski definition) is 2. The number of benzene rings is 1. The SMILES string of the molecule is CCC(CC)N(CCO)CCOc1ccc(C(=O)O)cc1. The van der Waals surface area contributed by atoms with Gasteiger partial charge in [-0.2, -0.15) is 0 Å². The number of carbonyl (C=O) groups is 1. The molecule has 0 bridgehead atoms. The number of hydrogen-bond acceptors (Lipinski definition) is 4. The molecule has 5 heteroatoms. The molecule has 0 aliphatic heterocycles. The standard InChI is InChI=1S/C16H25NO4/c1-3-14(4-2)17(9-11-18)10-12-21-15-7-5-13(6-8-15)16(19)20/h5-8,14,18H,3-4,9-12H2,1-2H3,(H,19,20). The summed E-state index contributed by atoms with van der Waals surface area (Å²) in [5.74, 6) is -0.280. The Morgan fingerprint density at radius 1 is 1.19 bits per heavy atom. The minimum absolute atomic E-state index is 0.143. The lowest BCUT2D eigenvalue weighted by Gasteiger charge is -2.29. The van der Waals surface area contributed by atoms with Gasteiger partial charge < -0.3 is 14.9 Å². The van der Waals surface area contributed by atoms with E-state index in [4.69, 9.17) is 14.9 Å². The number of carboxylic acid groups (broad SMARTS) is 1. The Balaban J connectivity index is 2.47. The Bertz CT molecular complexity index is 415. The predicted molar refractivity (Wildman–Crippen MR) is 81.9 cm³/mol. The molecule has 0 unspecified atom stereocenters. The maximum Gasteiger partial charge on any atom is 0.335 e. The third-order valence-electron chi connectivity index (χ3n) is 3.59. The molecule has 0 aromatic heterocycles. The Morgan fingerprint density at radius 3 is 2.29 bits per heavy atom. The van der Waals surface area contributed by atoms with Crippen molar-refractivity contribution in [3.63, 3.8) is 0 Å². The van der Waals surface area contributed by atoms with Crippen LogP contribution < -0.4 is 4.74 Å². The molecule has 21 heavy (non-hydrogen) atoms. The number of nitrogens with zero attached hydrogens (tertiary/aromatic N) is 1. The Hall–Kier alpha value is -1.59. The molecule has 0 spiro atoms. The molecule has 1 aromatic rings. The smallest absolute Gasteiger partial charge is 0.335 e. The Kier molecular flexibility index (Phi) is 7.79. The van der Waals surface area contributed by atoms with Crippen molar-refractivity contribution in [1.29, 1.82) is 0 Å². The fourth-order valence-electron chi connectivity index (χ4n) is 2.38. The second kappa shape index (κ2) is 9.37. The molecule has 0 saturated carbocycles. The molecular weight excluding hydrogens is 270 g/mol. The van der Waals surface area contributed by atoms with Gasteiger partial charge in [-0.25, -0.2) is 4.79 Å². The van der Waals surface area contributed by atoms with Crippen LogP contribution in [0.25, 0.3) is 0 Å². The lowest BCUT2D eigenvalue weighted by Crippen LogP contribution is -2.39. The fraction of sp³-hybridized carbons (Fsp3) is 0.562. The van der Waals surface area contributed by atoms with Crippen molar-refractivity contribution >= 4 is 5.97 Å². The molecule has 118 valence electrons. The monoisotopic (exact) mass is 295 g/mol. The van der Waals surface area contributed by atoms with Crippen LogP contribution in [-0.2, 0) is 0 Å². The average molecular weight is 295 g/mol. The highest BCUT2D eigenvalue weighted by molar-refractivity contribution is 5.87. The zero-order valence-corrected chi connectivity index (χ0v) is 12.8. The highest BCUT2D eigenvalue weighted by Gasteiger charge is 2.14. The van der Waals surface area contributed by atoms with Crippen LogP contribution in [0, 0.1) is 0 Å². The number of aliphatic hydroxyl groups is 1. The summed E-state index contributed by atoms with van der Waals surface area (Å²) in [5, 5.41) is 18.0. The van der Waals surface area contributed by atoms with E-state index in [1.54, 1.807) is 12.1 Å². The van der Waals surface area contributed by atoms with Gasteiger partial charge >= 0.3 is 5.97 Å². The molecule has 0 heterocycles. The first-order valence-electron chi connectivity index (χ1n) is 7.43. The van der Waals surface area contributed by atoms with Gasteiger partial charge in [0.2, 0.25) is 0 Å². The summed E-state index contributed by atoms with van der Waals surface area (Å²) in [6.45, 7) is 6.34. The van der Waals surface area contributed by atoms with Crippen LogP contribution >= 0.6 is 0 Å². The number of rotatable bonds is 10. The second-order valence-electron chi connectivity index (χ2n) is 4.91. The maximum atomic E-state index is 10.8. The van der Waals surface area contributed by atoms with Gasteiger partial charge in [-0.15, -0.1) is 0 Å². The summed E-state index contributed by atoms with van der Waals surface area (Å²) in [6, 6.07) is 6.84. The number of aromatic carboxylic acids is 1. The molecule has 1 aromatic carbocycles. The number of carboxylic acids is 1. The molecular formula is C16H25NO4. The van der Waals surface area contributed by atoms with Gasteiger partial charge in [0.15, 0.2) is 0 Å². The summed E-state index contributed by atoms with van der Waals surface area (Å²) >= 11 is 0. The van der Waals surface area contributed by atoms with E-state index in [0.29, 0.717) is 24.9 Å². The van der Waals surface area contributed by atoms with E-state index in [9.17, 15) is 4.79 Å². The summed E-state index contributed by atoms with van der Waals surface area (Å²) in [7, 11) is 0. The summed E-state index contributed by atoms with van der Waals surface area (Å²) in [6.07, 6.45) is 2.09. The molecule has 0 amide bonds. The van der Waals surface area contributed by atoms with Gasteiger partial charge in [0.05, 0.1) is 12.2 Å². The minimum atomic E-state index is -0.940. The van der Waals surface area contributed by atoms with E-state index in [1.165, 1.54) is 12.1 Å². The fourth-order valence-corrected chi connectivity index (χ4v) is 2.38. The highest BCUT2D eigenvalue weighted by Crippen LogP contribution is 2.13. The van der Waals surface area contributed by atoms with E-state index >= 15 is 0 Å². The zero-order valence-electron chi connectivity index (χ0n) is 12.8. The molecule has 0 fully saturated rings. The highest BCUT2D eigenvalue weighted by atomic mass is 16.5. The number of aliphatic hydroxyl groups excluding tert-OH is 1. The molecule has 0 aliphatic carbocycles. The third kappa shape index (κ3) is 5.73. The van der Waals surface area contributed by atoms with Crippen molar-refractivity contribution in [2.24, 2.45) is 0 Å². The third-order valence-corrected chi connectivity index (χ3v) is 3.59. The molecule has 0 atom stereocenters. The quantitative estimate of drug-likeness (QED) is 0.693. The predicted octanol–water partition coefficient (Wildman–Crippen LogP) is 2.25. The van der Waals surface area contributed by atoms with E-state index in [1.807, 2.05) is 0 Å². The van der Waals surface area contributed by atoms with Crippen LogP contribution in [0.4, 0.5) is 0 Å². The first-order chi connectivity index (χ1) is 10.1. The first kappa shape index (κ1) is 17.5. The second-order valence-corrected chi connectivity index (χ2v) is 4.91. The average Bonchev–Trinajstić information content (AvgIpc) is 2.49. The molecule has 2 N–H and O–H groups in total. The van der Waals surface area contributed by atoms with Crippen molar-refractivity contribution in [2.75, 3.05) is 26.3 Å². The molecule has 1 rings (SSSR count). The summed E-state index contributed by atoms with van der Waals surface area (Å²) in [5.41, 5.74) is 0.251. The van der Waals surface area contributed by atoms with Crippen LogP contribution in [0.2, 0.25) is 0 Å². The van der Waals surface area contributed by atoms with Crippen LogP contribution in [0.15, 0.2) is 24.3 Å². The number of ether oxygens (including phenoxy) is 1. The topological polar surface area (TPSA) is 70.0 Å². The Morgan fingerprint density at radius 2 is 1.81 bits per heavy atom. The van der Waals surface area contributed by atoms with Crippen LogP contribution in [0.5, 0.6) is 5.75 Å². The van der Waals surface area contributed by atoms with Crippen molar-refractivity contribution in [3.05, 3.63) is 29.8 Å². The van der Waals surface area contributed by atoms with Crippen molar-refractivity contribution in [1.82, 2.24) is 4.90 Å². The van der Waals surface area contributed by atoms with Crippen molar-refractivity contribution < 1.29 is 19.7 Å². The van der Waals surface area contributed by atoms with Crippen LogP contribution in [0.1, 0.15) is 37.0 Å². The Labute approximate surface area is 126 Å². The lowest BCUT2D eigenvalue weighted by molar-refractivity contribution is 0.0697. The van der Waals surface area contributed by atoms with Crippen molar-refractivity contribution in [2.45, 2.75) is 32.7 Å². The van der Waals surface area contributed by atoms with Crippen LogP contribution in [-0.4, -0.2) is 53.4 Å². The van der Waals surface area contributed by atoms with Gasteiger partial charge in [-0.3, -0.25) is 4.90 Å². The normalized spacial score (nSPS) is 11.1. The maximum absolute atomic E-state index is 10.8. The molecule has 0 saturated heterocycles. The van der Waals surface area contributed by atoms with Gasteiger partial charge in [0, 0.05) is 19.1 Å². The van der Waals surface area contributed by atoms with E-state index in [0.717, 1.165) is 19.4 Å². The van der Waals surface area contributed by atoms with Gasteiger partial charge in [0.1, 0.15) is 12.4 Å². The van der Waals surface area contributed by atoms with Gasteiger partial charge in [0.25, 0.3) is 0 Å². The lowest BCUT2D eigenvalue weighted by atomic mass is 10.1. The van der Waals surface area contributed by atoms with E-state index in [2.05, 4.69) is 18.7 Å². The van der Waals surface area contributed by atoms with E-state index in [-0.39, 0.29) is 12.2 Å². The summed E-state index contributed by atoms with van der Waals surface area (Å²) in [4.78, 5) is 13.0. The zero-order chi connectivity index (χ0) is 15.7. The van der Waals surface area contributed by atoms with Crippen molar-refractivity contribution in [3.8, 4) is 5.75 Å². The van der Waals surface area contributed by atoms with E-state index < -0.39 is 5.97 Å². The van der Waals surface area contributed by atoms with Crippen LogP contribution in [0.3, 0.4) is 0 Å². The molecule has 0 radical (unpaired) electrons. The molecule has 0 aliphatic rings. The van der Waals surface area contributed by atoms with Gasteiger partial charge in [-0.1, -0.05) is 13.8 Å². The minimum Gasteiger partial charge on any atom is -0.492 e.